The zero-order valence-electron chi connectivity index (χ0n) is 9.44. The first-order chi connectivity index (χ1) is 7.00. The molecule has 0 radical (unpaired) electrons. The number of hydrogen-bond acceptors (Lipinski definition) is 3. The topological polar surface area (TPSA) is 49.4 Å². The lowest BCUT2D eigenvalue weighted by atomic mass is 9.87. The summed E-state index contributed by atoms with van der Waals surface area (Å²) < 4.78 is 25.7. The van der Waals surface area contributed by atoms with Crippen LogP contribution in [0.5, 0.6) is 0 Å². The summed E-state index contributed by atoms with van der Waals surface area (Å²) in [6, 6.07) is 0. The molecule has 0 saturated carbocycles. The Balaban J connectivity index is 2.12. The van der Waals surface area contributed by atoms with Gasteiger partial charge in [-0.1, -0.05) is 0 Å². The molecular weight excluding hydrogens is 212 g/mol. The third-order valence-corrected chi connectivity index (χ3v) is 5.62. The van der Waals surface area contributed by atoms with Gasteiger partial charge in [-0.15, -0.1) is 0 Å². The van der Waals surface area contributed by atoms with Crippen LogP contribution in [-0.2, 0) is 10.0 Å². The van der Waals surface area contributed by atoms with Crippen molar-refractivity contribution in [2.75, 3.05) is 26.2 Å². The van der Waals surface area contributed by atoms with Crippen molar-refractivity contribution in [3.05, 3.63) is 0 Å². The lowest BCUT2D eigenvalue weighted by Gasteiger charge is -2.41. The molecule has 0 aromatic carbocycles. The van der Waals surface area contributed by atoms with E-state index in [-0.39, 0.29) is 5.25 Å². The summed E-state index contributed by atoms with van der Waals surface area (Å²) in [6.07, 6.45) is 1.19. The summed E-state index contributed by atoms with van der Waals surface area (Å²) in [6.45, 7) is 6.89. The molecule has 15 heavy (non-hydrogen) atoms. The summed E-state index contributed by atoms with van der Waals surface area (Å²) in [5, 5.41) is 3.08. The van der Waals surface area contributed by atoms with Crippen molar-refractivity contribution in [3.8, 4) is 0 Å². The smallest absolute Gasteiger partial charge is 0.216 e. The van der Waals surface area contributed by atoms with Crippen LogP contribution in [0.1, 0.15) is 20.3 Å². The summed E-state index contributed by atoms with van der Waals surface area (Å²) in [5.41, 5.74) is 0. The maximum absolute atomic E-state index is 12.0. The fourth-order valence-electron chi connectivity index (χ4n) is 2.56. The van der Waals surface area contributed by atoms with Gasteiger partial charge in [-0.3, -0.25) is 0 Å². The van der Waals surface area contributed by atoms with Gasteiger partial charge in [0, 0.05) is 13.1 Å². The van der Waals surface area contributed by atoms with Crippen LogP contribution in [0, 0.1) is 11.8 Å². The average Bonchev–Trinajstić information content (AvgIpc) is 2.16. The molecule has 88 valence electrons. The third-order valence-electron chi connectivity index (χ3n) is 3.41. The Labute approximate surface area is 92.1 Å². The molecule has 1 N–H and O–H groups in total. The Hall–Kier alpha value is -0.130. The van der Waals surface area contributed by atoms with Crippen LogP contribution in [0.3, 0.4) is 0 Å². The van der Waals surface area contributed by atoms with Crippen molar-refractivity contribution < 1.29 is 8.42 Å². The number of nitrogens with one attached hydrogen (secondary N) is 1. The highest BCUT2D eigenvalue weighted by Crippen LogP contribution is 2.27. The Bertz CT molecular complexity index is 314. The van der Waals surface area contributed by atoms with Gasteiger partial charge in [0.25, 0.3) is 0 Å². The van der Waals surface area contributed by atoms with E-state index < -0.39 is 10.0 Å². The van der Waals surface area contributed by atoms with Crippen molar-refractivity contribution >= 4 is 10.0 Å². The highest BCUT2D eigenvalue weighted by molar-refractivity contribution is 7.89. The molecule has 0 aromatic rings. The number of fused-ring (bicyclic) bond motifs is 2. The Morgan fingerprint density at radius 2 is 1.73 bits per heavy atom. The van der Waals surface area contributed by atoms with E-state index in [9.17, 15) is 8.42 Å². The van der Waals surface area contributed by atoms with Gasteiger partial charge in [0.2, 0.25) is 10.0 Å². The van der Waals surface area contributed by atoms with E-state index in [0.29, 0.717) is 24.9 Å². The molecule has 2 fully saturated rings. The molecule has 0 amide bonds. The first kappa shape index (κ1) is 11.4. The van der Waals surface area contributed by atoms with Crippen molar-refractivity contribution in [2.24, 2.45) is 11.8 Å². The van der Waals surface area contributed by atoms with Gasteiger partial charge >= 0.3 is 0 Å². The predicted molar refractivity (Wildman–Crippen MR) is 60.1 cm³/mol. The first-order valence-corrected chi connectivity index (χ1v) is 7.20. The van der Waals surface area contributed by atoms with E-state index in [1.165, 1.54) is 6.42 Å². The molecule has 2 rings (SSSR count). The maximum Gasteiger partial charge on any atom is 0.216 e. The molecule has 0 aromatic heterocycles. The molecule has 2 aliphatic rings. The van der Waals surface area contributed by atoms with Crippen molar-refractivity contribution in [2.45, 2.75) is 25.5 Å². The first-order valence-electron chi connectivity index (χ1n) is 5.70. The van der Waals surface area contributed by atoms with Crippen LogP contribution in [0.2, 0.25) is 0 Å². The Kier molecular flexibility index (Phi) is 3.05. The quantitative estimate of drug-likeness (QED) is 0.743. The Morgan fingerprint density at radius 1 is 1.20 bits per heavy atom. The lowest BCUT2D eigenvalue weighted by molar-refractivity contribution is 0.158. The van der Waals surface area contributed by atoms with Crippen molar-refractivity contribution in [1.82, 2.24) is 9.62 Å². The molecule has 4 nitrogen and oxygen atoms in total. The highest BCUT2D eigenvalue weighted by atomic mass is 32.2. The fourth-order valence-corrected chi connectivity index (χ4v) is 4.00. The molecule has 2 heterocycles. The van der Waals surface area contributed by atoms with Crippen LogP contribution in [0.25, 0.3) is 0 Å². The minimum Gasteiger partial charge on any atom is -0.316 e. The summed E-state index contributed by atoms with van der Waals surface area (Å²) in [4.78, 5) is 0. The molecule has 2 atom stereocenters. The van der Waals surface area contributed by atoms with Crippen molar-refractivity contribution in [1.29, 1.82) is 0 Å². The molecule has 5 heteroatoms. The monoisotopic (exact) mass is 232 g/mol. The predicted octanol–water partition coefficient (Wildman–Crippen LogP) is 0.266. The minimum atomic E-state index is -3.04. The standard InChI is InChI=1S/C10H20N2O2S/c1-8(2)15(13,14)12-6-9-3-10(7-12)5-11-4-9/h8-11H,3-7H2,1-2H3/t9-,10+. The largest absolute Gasteiger partial charge is 0.316 e. The Morgan fingerprint density at radius 3 is 2.20 bits per heavy atom. The number of sulfonamides is 1. The van der Waals surface area contributed by atoms with E-state index in [1.54, 1.807) is 18.2 Å². The van der Waals surface area contributed by atoms with E-state index in [4.69, 9.17) is 0 Å². The van der Waals surface area contributed by atoms with E-state index in [0.717, 1.165) is 13.1 Å². The average molecular weight is 232 g/mol. The third kappa shape index (κ3) is 2.19. The van der Waals surface area contributed by atoms with Gasteiger partial charge in [-0.05, 0) is 45.2 Å². The number of nitrogens with zero attached hydrogens (tertiary/aromatic N) is 1. The molecule has 2 saturated heterocycles. The van der Waals surface area contributed by atoms with Gasteiger partial charge in [0.1, 0.15) is 0 Å². The summed E-state index contributed by atoms with van der Waals surface area (Å²) >= 11 is 0. The zero-order valence-corrected chi connectivity index (χ0v) is 10.3. The number of hydrogen-bond donors (Lipinski definition) is 1. The normalized spacial score (nSPS) is 33.3. The summed E-state index contributed by atoms with van der Waals surface area (Å²) in [5.74, 6) is 1.04. The highest BCUT2D eigenvalue weighted by Gasteiger charge is 2.36. The van der Waals surface area contributed by atoms with Crippen molar-refractivity contribution in [3.63, 3.8) is 0 Å². The number of rotatable bonds is 2. The fraction of sp³-hybridized carbons (Fsp3) is 1.00. The second kappa shape index (κ2) is 4.03. The van der Waals surface area contributed by atoms with Crippen LogP contribution < -0.4 is 5.32 Å². The molecule has 0 unspecified atom stereocenters. The second-order valence-corrected chi connectivity index (χ2v) is 7.53. The van der Waals surface area contributed by atoms with Gasteiger partial charge < -0.3 is 5.32 Å². The van der Waals surface area contributed by atoms with Crippen LogP contribution in [0.15, 0.2) is 0 Å². The van der Waals surface area contributed by atoms with E-state index >= 15 is 0 Å². The van der Waals surface area contributed by atoms with Gasteiger partial charge in [-0.25, -0.2) is 12.7 Å². The maximum atomic E-state index is 12.0. The molecule has 0 spiro atoms. The van der Waals surface area contributed by atoms with Crippen LogP contribution in [0.4, 0.5) is 0 Å². The van der Waals surface area contributed by atoms with Gasteiger partial charge in [-0.2, -0.15) is 0 Å². The minimum absolute atomic E-state index is 0.288. The SMILES string of the molecule is CC(C)S(=O)(=O)N1C[C@@H]2CNC[C@@H](C2)C1. The summed E-state index contributed by atoms with van der Waals surface area (Å²) in [7, 11) is -3.04. The number of piperidine rings is 2. The van der Waals surface area contributed by atoms with Gasteiger partial charge in [0.05, 0.1) is 5.25 Å². The lowest BCUT2D eigenvalue weighted by Crippen LogP contribution is -2.53. The molecule has 2 aliphatic heterocycles. The second-order valence-electron chi connectivity index (χ2n) is 5.04. The van der Waals surface area contributed by atoms with Crippen LogP contribution in [-0.4, -0.2) is 44.2 Å². The van der Waals surface area contributed by atoms with Crippen LogP contribution >= 0.6 is 0 Å². The molecule has 0 aliphatic carbocycles. The van der Waals surface area contributed by atoms with E-state index in [1.807, 2.05) is 0 Å². The zero-order chi connectivity index (χ0) is 11.1. The van der Waals surface area contributed by atoms with Gasteiger partial charge in [0.15, 0.2) is 0 Å². The molecular formula is C10H20N2O2S. The van der Waals surface area contributed by atoms with E-state index in [2.05, 4.69) is 5.32 Å². The molecule has 2 bridgehead atoms.